The molecule has 2 nitrogen and oxygen atoms in total. The van der Waals surface area contributed by atoms with Crippen LogP contribution in [0.4, 0.5) is 0 Å². The van der Waals surface area contributed by atoms with Gasteiger partial charge in [0.05, 0.1) is 0 Å². The van der Waals surface area contributed by atoms with Crippen LogP contribution in [0.3, 0.4) is 0 Å². The van der Waals surface area contributed by atoms with E-state index in [1.54, 1.807) is 23.1 Å². The van der Waals surface area contributed by atoms with Gasteiger partial charge in [-0.05, 0) is 13.3 Å². The molecule has 0 aliphatic heterocycles. The molecule has 1 atom stereocenters. The van der Waals surface area contributed by atoms with Crippen molar-refractivity contribution in [1.82, 2.24) is 4.98 Å². The average molecular weight is 188 g/mol. The zero-order valence-electron chi connectivity index (χ0n) is 6.49. The Labute approximate surface area is 75.2 Å². The fourth-order valence-electron chi connectivity index (χ4n) is 0.614. The molecule has 0 spiro atoms. The molecule has 0 aliphatic carbocycles. The Bertz CT molecular complexity index is 184. The third-order valence-electron chi connectivity index (χ3n) is 1.21. The number of nitrogens with two attached hydrogens (primary N) is 1. The minimum Gasteiger partial charge on any atom is -0.328 e. The lowest BCUT2D eigenvalue weighted by atomic mass is 10.3. The highest BCUT2D eigenvalue weighted by Crippen LogP contribution is 2.20. The summed E-state index contributed by atoms with van der Waals surface area (Å²) in [7, 11) is 0. The molecular weight excluding hydrogens is 176 g/mol. The first kappa shape index (κ1) is 9.03. The van der Waals surface area contributed by atoms with E-state index in [1.165, 1.54) is 0 Å². The van der Waals surface area contributed by atoms with Crippen LogP contribution in [0.15, 0.2) is 15.9 Å². The van der Waals surface area contributed by atoms with Gasteiger partial charge in [-0.15, -0.1) is 11.3 Å². The topological polar surface area (TPSA) is 38.9 Å². The van der Waals surface area contributed by atoms with Gasteiger partial charge in [-0.3, -0.25) is 0 Å². The quantitative estimate of drug-likeness (QED) is 0.734. The van der Waals surface area contributed by atoms with Gasteiger partial charge in [0.2, 0.25) is 0 Å². The molecule has 0 aliphatic rings. The van der Waals surface area contributed by atoms with Crippen LogP contribution in [-0.4, -0.2) is 16.8 Å². The highest BCUT2D eigenvalue weighted by molar-refractivity contribution is 8.00. The predicted molar refractivity (Wildman–Crippen MR) is 51.1 cm³/mol. The lowest BCUT2D eigenvalue weighted by molar-refractivity contribution is 0.721. The third-order valence-corrected chi connectivity index (χ3v) is 3.21. The standard InChI is InChI=1S/C7H12N2S2/c1-6(8)2-4-10-7-9-3-5-11-7/h3,5-6H,2,4,8H2,1H3. The van der Waals surface area contributed by atoms with Gasteiger partial charge in [0, 0.05) is 23.4 Å². The molecule has 0 bridgehead atoms. The van der Waals surface area contributed by atoms with Gasteiger partial charge >= 0.3 is 0 Å². The van der Waals surface area contributed by atoms with E-state index in [1.807, 2.05) is 18.5 Å². The molecule has 0 radical (unpaired) electrons. The number of thiazole rings is 1. The third kappa shape index (κ3) is 3.74. The minimum absolute atomic E-state index is 0.308. The van der Waals surface area contributed by atoms with Crippen LogP contribution in [0.2, 0.25) is 0 Å². The van der Waals surface area contributed by atoms with Crippen molar-refractivity contribution < 1.29 is 0 Å². The molecule has 1 rings (SSSR count). The summed E-state index contributed by atoms with van der Waals surface area (Å²) in [6.07, 6.45) is 2.89. The SMILES string of the molecule is CC(N)CCSc1nccs1. The van der Waals surface area contributed by atoms with Crippen LogP contribution in [0.1, 0.15) is 13.3 Å². The molecule has 0 saturated heterocycles. The smallest absolute Gasteiger partial charge is 0.149 e. The monoisotopic (exact) mass is 188 g/mol. The summed E-state index contributed by atoms with van der Waals surface area (Å²) in [6.45, 7) is 2.03. The Morgan fingerprint density at radius 1 is 1.82 bits per heavy atom. The van der Waals surface area contributed by atoms with Crippen LogP contribution in [0, 0.1) is 0 Å². The molecule has 1 heterocycles. The lowest BCUT2D eigenvalue weighted by Crippen LogP contribution is -2.15. The van der Waals surface area contributed by atoms with E-state index in [-0.39, 0.29) is 0 Å². The second-order valence-electron chi connectivity index (χ2n) is 2.41. The molecule has 62 valence electrons. The van der Waals surface area contributed by atoms with Gasteiger partial charge in [0.1, 0.15) is 4.34 Å². The molecule has 4 heteroatoms. The first-order valence-corrected chi connectivity index (χ1v) is 5.43. The molecule has 1 aromatic rings. The number of nitrogens with zero attached hydrogens (tertiary/aromatic N) is 1. The first-order valence-electron chi connectivity index (χ1n) is 3.57. The van der Waals surface area contributed by atoms with Gasteiger partial charge < -0.3 is 5.73 Å². The van der Waals surface area contributed by atoms with Crippen LogP contribution in [0.5, 0.6) is 0 Å². The molecule has 0 fully saturated rings. The predicted octanol–water partition coefficient (Wildman–Crippen LogP) is 1.97. The van der Waals surface area contributed by atoms with E-state index in [4.69, 9.17) is 5.73 Å². The van der Waals surface area contributed by atoms with Gasteiger partial charge in [-0.25, -0.2) is 4.98 Å². The van der Waals surface area contributed by atoms with Gasteiger partial charge in [0.25, 0.3) is 0 Å². The maximum absolute atomic E-state index is 5.60. The van der Waals surface area contributed by atoms with E-state index < -0.39 is 0 Å². The van der Waals surface area contributed by atoms with E-state index in [2.05, 4.69) is 4.98 Å². The van der Waals surface area contributed by atoms with Crippen molar-refractivity contribution in [3.8, 4) is 0 Å². The van der Waals surface area contributed by atoms with Crippen molar-refractivity contribution in [2.75, 3.05) is 5.75 Å². The number of thioether (sulfide) groups is 1. The van der Waals surface area contributed by atoms with Crippen molar-refractivity contribution in [1.29, 1.82) is 0 Å². The normalized spacial score (nSPS) is 13.3. The van der Waals surface area contributed by atoms with E-state index in [0.717, 1.165) is 16.5 Å². The van der Waals surface area contributed by atoms with Crippen molar-refractivity contribution in [3.05, 3.63) is 11.6 Å². The van der Waals surface area contributed by atoms with Crippen LogP contribution in [0.25, 0.3) is 0 Å². The van der Waals surface area contributed by atoms with Crippen LogP contribution < -0.4 is 5.73 Å². The molecule has 11 heavy (non-hydrogen) atoms. The van der Waals surface area contributed by atoms with E-state index >= 15 is 0 Å². The summed E-state index contributed by atoms with van der Waals surface area (Å²) >= 11 is 3.47. The largest absolute Gasteiger partial charge is 0.328 e. The Morgan fingerprint density at radius 2 is 2.64 bits per heavy atom. The highest BCUT2D eigenvalue weighted by Gasteiger charge is 1.97. The molecule has 0 aromatic carbocycles. The summed E-state index contributed by atoms with van der Waals surface area (Å²) in [4.78, 5) is 4.15. The molecule has 0 saturated carbocycles. The summed E-state index contributed by atoms with van der Waals surface area (Å²) in [5.74, 6) is 1.07. The van der Waals surface area contributed by atoms with Crippen LogP contribution >= 0.6 is 23.1 Å². The molecule has 1 unspecified atom stereocenters. The molecular formula is C7H12N2S2. The lowest BCUT2D eigenvalue weighted by Gasteiger charge is -2.01. The molecule has 0 amide bonds. The molecule has 1 aromatic heterocycles. The Balaban J connectivity index is 2.14. The number of hydrogen-bond acceptors (Lipinski definition) is 4. The number of aromatic nitrogens is 1. The number of hydrogen-bond donors (Lipinski definition) is 1. The fourth-order valence-corrected chi connectivity index (χ4v) is 2.46. The maximum Gasteiger partial charge on any atom is 0.149 e. The Kier molecular flexibility index (Phi) is 3.90. The summed E-state index contributed by atoms with van der Waals surface area (Å²) in [6, 6.07) is 0.308. The summed E-state index contributed by atoms with van der Waals surface area (Å²) in [5, 5.41) is 1.99. The Hall–Kier alpha value is -0.0600. The summed E-state index contributed by atoms with van der Waals surface area (Å²) in [5.41, 5.74) is 5.60. The fraction of sp³-hybridized carbons (Fsp3) is 0.571. The number of rotatable bonds is 4. The van der Waals surface area contributed by atoms with E-state index in [9.17, 15) is 0 Å². The van der Waals surface area contributed by atoms with Gasteiger partial charge in [-0.1, -0.05) is 11.8 Å². The average Bonchev–Trinajstić information content (AvgIpc) is 2.39. The second-order valence-corrected chi connectivity index (χ2v) is 4.65. The second kappa shape index (κ2) is 4.74. The van der Waals surface area contributed by atoms with Crippen molar-refractivity contribution in [2.45, 2.75) is 23.7 Å². The minimum atomic E-state index is 0.308. The zero-order valence-corrected chi connectivity index (χ0v) is 8.12. The van der Waals surface area contributed by atoms with Gasteiger partial charge in [-0.2, -0.15) is 0 Å². The highest BCUT2D eigenvalue weighted by atomic mass is 32.2. The Morgan fingerprint density at radius 3 is 3.18 bits per heavy atom. The van der Waals surface area contributed by atoms with Crippen LogP contribution in [-0.2, 0) is 0 Å². The summed E-state index contributed by atoms with van der Waals surface area (Å²) < 4.78 is 1.14. The molecule has 2 N–H and O–H groups in total. The first-order chi connectivity index (χ1) is 5.29. The van der Waals surface area contributed by atoms with Crippen molar-refractivity contribution >= 4 is 23.1 Å². The van der Waals surface area contributed by atoms with Crippen molar-refractivity contribution in [2.24, 2.45) is 5.73 Å². The maximum atomic E-state index is 5.60. The zero-order chi connectivity index (χ0) is 8.10. The van der Waals surface area contributed by atoms with E-state index in [0.29, 0.717) is 6.04 Å². The van der Waals surface area contributed by atoms with Gasteiger partial charge in [0.15, 0.2) is 0 Å². The van der Waals surface area contributed by atoms with Crippen molar-refractivity contribution in [3.63, 3.8) is 0 Å².